The van der Waals surface area contributed by atoms with Crippen LogP contribution < -0.4 is 4.72 Å². The first-order valence-electron chi connectivity index (χ1n) is 7.95. The number of pyridine rings is 1. The molecular formula is C18H22N2O3S. The van der Waals surface area contributed by atoms with Gasteiger partial charge in [0.25, 0.3) is 0 Å². The number of hydrogen-bond acceptors (Lipinski definition) is 4. The largest absolute Gasteiger partial charge is 0.376 e. The van der Waals surface area contributed by atoms with Gasteiger partial charge in [-0.3, -0.25) is 4.98 Å². The van der Waals surface area contributed by atoms with E-state index >= 15 is 0 Å². The van der Waals surface area contributed by atoms with Crippen LogP contribution >= 0.6 is 0 Å². The van der Waals surface area contributed by atoms with E-state index in [0.29, 0.717) is 13.2 Å². The lowest BCUT2D eigenvalue weighted by molar-refractivity contribution is 0.110. The average molecular weight is 346 g/mol. The standard InChI is InChI=1S/C18H22N2O3S/c1-13-4-6-16(11-19-13)18(2,3)20-24(21,22)17-7-5-14-8-9-23-12-15(14)10-17/h4-7,10-11,20H,8-9,12H2,1-3H3. The lowest BCUT2D eigenvalue weighted by Crippen LogP contribution is -2.41. The summed E-state index contributed by atoms with van der Waals surface area (Å²) in [5, 5.41) is 0. The Bertz CT molecular complexity index is 843. The van der Waals surface area contributed by atoms with Crippen LogP contribution in [-0.4, -0.2) is 20.0 Å². The second-order valence-electron chi connectivity index (χ2n) is 6.65. The van der Waals surface area contributed by atoms with Crippen LogP contribution in [0.3, 0.4) is 0 Å². The van der Waals surface area contributed by atoms with Crippen molar-refractivity contribution < 1.29 is 13.2 Å². The number of rotatable bonds is 4. The van der Waals surface area contributed by atoms with Crippen LogP contribution in [0.5, 0.6) is 0 Å². The Labute approximate surface area is 143 Å². The minimum atomic E-state index is -3.64. The number of benzene rings is 1. The molecule has 1 aromatic heterocycles. The molecule has 2 heterocycles. The molecule has 0 spiro atoms. The number of aromatic nitrogens is 1. The Morgan fingerprint density at radius 1 is 1.17 bits per heavy atom. The number of nitrogens with one attached hydrogen (secondary N) is 1. The molecule has 0 radical (unpaired) electrons. The van der Waals surface area contributed by atoms with Crippen LogP contribution in [0.1, 0.15) is 36.2 Å². The summed E-state index contributed by atoms with van der Waals surface area (Å²) in [6.45, 7) is 6.71. The molecule has 0 amide bonds. The van der Waals surface area contributed by atoms with Crippen molar-refractivity contribution in [3.63, 3.8) is 0 Å². The maximum Gasteiger partial charge on any atom is 0.241 e. The highest BCUT2D eigenvalue weighted by Crippen LogP contribution is 2.25. The highest BCUT2D eigenvalue weighted by molar-refractivity contribution is 7.89. The van der Waals surface area contributed by atoms with Gasteiger partial charge < -0.3 is 4.74 Å². The quantitative estimate of drug-likeness (QED) is 0.924. The van der Waals surface area contributed by atoms with E-state index in [0.717, 1.165) is 28.8 Å². The van der Waals surface area contributed by atoms with Crippen molar-refractivity contribution in [1.82, 2.24) is 9.71 Å². The molecule has 2 aromatic rings. The summed E-state index contributed by atoms with van der Waals surface area (Å²) in [7, 11) is -3.64. The van der Waals surface area contributed by atoms with Gasteiger partial charge in [0, 0.05) is 11.9 Å². The van der Waals surface area contributed by atoms with Gasteiger partial charge in [-0.2, -0.15) is 0 Å². The molecule has 1 aliphatic heterocycles. The molecule has 0 atom stereocenters. The number of aryl methyl sites for hydroxylation is 1. The number of nitrogens with zero attached hydrogens (tertiary/aromatic N) is 1. The van der Waals surface area contributed by atoms with Crippen molar-refractivity contribution in [1.29, 1.82) is 0 Å². The van der Waals surface area contributed by atoms with Crippen LogP contribution in [0.2, 0.25) is 0 Å². The molecule has 0 saturated carbocycles. The van der Waals surface area contributed by atoms with Gasteiger partial charge in [0.2, 0.25) is 10.0 Å². The molecule has 0 saturated heterocycles. The molecule has 1 N–H and O–H groups in total. The van der Waals surface area contributed by atoms with Gasteiger partial charge >= 0.3 is 0 Å². The first-order valence-corrected chi connectivity index (χ1v) is 9.43. The average Bonchev–Trinajstić information content (AvgIpc) is 2.54. The summed E-state index contributed by atoms with van der Waals surface area (Å²) in [4.78, 5) is 4.52. The summed E-state index contributed by atoms with van der Waals surface area (Å²) in [6.07, 6.45) is 2.53. The van der Waals surface area contributed by atoms with Crippen molar-refractivity contribution in [3.8, 4) is 0 Å². The molecule has 0 bridgehead atoms. The third-order valence-corrected chi connectivity index (χ3v) is 5.94. The van der Waals surface area contributed by atoms with E-state index in [1.165, 1.54) is 0 Å². The molecule has 0 aliphatic carbocycles. The van der Waals surface area contributed by atoms with Crippen LogP contribution in [-0.2, 0) is 33.3 Å². The van der Waals surface area contributed by atoms with Crippen LogP contribution in [0.4, 0.5) is 0 Å². The van der Waals surface area contributed by atoms with E-state index in [2.05, 4.69) is 9.71 Å². The summed E-state index contributed by atoms with van der Waals surface area (Å²) >= 11 is 0. The van der Waals surface area contributed by atoms with E-state index in [1.54, 1.807) is 18.3 Å². The van der Waals surface area contributed by atoms with Crippen molar-refractivity contribution in [3.05, 3.63) is 58.9 Å². The zero-order valence-electron chi connectivity index (χ0n) is 14.2. The number of fused-ring (bicyclic) bond motifs is 1. The van der Waals surface area contributed by atoms with Crippen molar-refractivity contribution in [2.75, 3.05) is 6.61 Å². The van der Waals surface area contributed by atoms with Gasteiger partial charge in [0.15, 0.2) is 0 Å². The molecule has 5 nitrogen and oxygen atoms in total. The molecule has 24 heavy (non-hydrogen) atoms. The molecular weight excluding hydrogens is 324 g/mol. The van der Waals surface area contributed by atoms with Gasteiger partial charge in [0.1, 0.15) is 0 Å². The van der Waals surface area contributed by atoms with Gasteiger partial charge in [-0.15, -0.1) is 0 Å². The molecule has 3 rings (SSSR count). The van der Waals surface area contributed by atoms with Crippen molar-refractivity contribution >= 4 is 10.0 Å². The molecule has 0 fully saturated rings. The van der Waals surface area contributed by atoms with Gasteiger partial charge in [0.05, 0.1) is 23.6 Å². The maximum atomic E-state index is 12.8. The minimum Gasteiger partial charge on any atom is -0.376 e. The molecule has 1 aromatic carbocycles. The van der Waals surface area contributed by atoms with Gasteiger partial charge in [-0.1, -0.05) is 12.1 Å². The first kappa shape index (κ1) is 17.1. The second-order valence-corrected chi connectivity index (χ2v) is 8.33. The first-order chi connectivity index (χ1) is 11.3. The SMILES string of the molecule is Cc1ccc(C(C)(C)NS(=O)(=O)c2ccc3c(c2)COCC3)cn1. The van der Waals surface area contributed by atoms with E-state index in [4.69, 9.17) is 4.74 Å². The summed E-state index contributed by atoms with van der Waals surface area (Å²) in [6, 6.07) is 9.02. The number of ether oxygens (including phenoxy) is 1. The van der Waals surface area contributed by atoms with Crippen LogP contribution in [0, 0.1) is 6.92 Å². The lowest BCUT2D eigenvalue weighted by Gasteiger charge is -2.27. The third kappa shape index (κ3) is 3.50. The maximum absolute atomic E-state index is 12.8. The third-order valence-electron chi connectivity index (χ3n) is 4.28. The highest BCUT2D eigenvalue weighted by Gasteiger charge is 2.28. The molecule has 0 unspecified atom stereocenters. The Balaban J connectivity index is 1.89. The minimum absolute atomic E-state index is 0.264. The van der Waals surface area contributed by atoms with Crippen LogP contribution in [0.15, 0.2) is 41.4 Å². The monoisotopic (exact) mass is 346 g/mol. The highest BCUT2D eigenvalue weighted by atomic mass is 32.2. The smallest absolute Gasteiger partial charge is 0.241 e. The Hall–Kier alpha value is -1.76. The normalized spacial score (nSPS) is 15.1. The predicted octanol–water partition coefficient (Wildman–Crippen LogP) is 2.68. The Morgan fingerprint density at radius 2 is 1.96 bits per heavy atom. The lowest BCUT2D eigenvalue weighted by atomic mass is 9.97. The summed E-state index contributed by atoms with van der Waals surface area (Å²) in [5.74, 6) is 0. The fourth-order valence-electron chi connectivity index (χ4n) is 2.80. The van der Waals surface area contributed by atoms with E-state index < -0.39 is 15.6 Å². The summed E-state index contributed by atoms with van der Waals surface area (Å²) < 4.78 is 33.8. The van der Waals surface area contributed by atoms with E-state index in [1.807, 2.05) is 39.0 Å². The Kier molecular flexibility index (Phi) is 4.46. The van der Waals surface area contributed by atoms with Crippen molar-refractivity contribution in [2.45, 2.75) is 44.2 Å². The van der Waals surface area contributed by atoms with Gasteiger partial charge in [-0.05, 0) is 62.1 Å². The molecule has 1 aliphatic rings. The molecule has 6 heteroatoms. The zero-order valence-corrected chi connectivity index (χ0v) is 15.0. The van der Waals surface area contributed by atoms with Gasteiger partial charge in [-0.25, -0.2) is 13.1 Å². The Morgan fingerprint density at radius 3 is 2.67 bits per heavy atom. The fourth-order valence-corrected chi connectivity index (χ4v) is 4.26. The second kappa shape index (κ2) is 6.27. The number of sulfonamides is 1. The van der Waals surface area contributed by atoms with Crippen LogP contribution in [0.25, 0.3) is 0 Å². The van der Waals surface area contributed by atoms with E-state index in [-0.39, 0.29) is 4.90 Å². The molecule has 128 valence electrons. The topological polar surface area (TPSA) is 68.3 Å². The van der Waals surface area contributed by atoms with Crippen molar-refractivity contribution in [2.24, 2.45) is 0 Å². The predicted molar refractivity (Wildman–Crippen MR) is 92.1 cm³/mol. The summed E-state index contributed by atoms with van der Waals surface area (Å²) in [5.41, 5.74) is 3.05. The number of hydrogen-bond donors (Lipinski definition) is 1. The van der Waals surface area contributed by atoms with E-state index in [9.17, 15) is 8.42 Å². The fraction of sp³-hybridized carbons (Fsp3) is 0.389. The zero-order chi connectivity index (χ0) is 17.4.